The minimum atomic E-state index is -1.01. The summed E-state index contributed by atoms with van der Waals surface area (Å²) in [5.41, 5.74) is 5.46. The number of carbonyl (C=O) groups excluding carboxylic acids is 1. The Kier molecular flexibility index (Phi) is 3.45. The molecule has 0 bridgehead atoms. The van der Waals surface area contributed by atoms with Gasteiger partial charge < -0.3 is 15.7 Å². The van der Waals surface area contributed by atoms with Crippen LogP contribution in [0.3, 0.4) is 0 Å². The van der Waals surface area contributed by atoms with Crippen LogP contribution < -0.4 is 10.6 Å². The highest BCUT2D eigenvalue weighted by atomic mass is 16.4. The lowest BCUT2D eigenvalue weighted by Crippen LogP contribution is -2.42. The van der Waals surface area contributed by atoms with E-state index in [4.69, 9.17) is 10.8 Å². The van der Waals surface area contributed by atoms with Gasteiger partial charge in [0.05, 0.1) is 5.92 Å². The van der Waals surface area contributed by atoms with Crippen molar-refractivity contribution in [2.24, 2.45) is 11.7 Å². The van der Waals surface area contributed by atoms with Gasteiger partial charge in [0.2, 0.25) is 5.91 Å². The lowest BCUT2D eigenvalue weighted by Gasteiger charge is -2.32. The first-order valence-electron chi connectivity index (χ1n) is 5.82. The number of rotatable bonds is 3. The average Bonchev–Trinajstić information content (AvgIpc) is 2.39. The van der Waals surface area contributed by atoms with E-state index in [-0.39, 0.29) is 17.4 Å². The lowest BCUT2D eigenvalue weighted by atomic mass is 9.97. The Labute approximate surface area is 104 Å². The van der Waals surface area contributed by atoms with Crippen LogP contribution in [0.5, 0.6) is 0 Å². The fourth-order valence-corrected chi connectivity index (χ4v) is 2.22. The van der Waals surface area contributed by atoms with Gasteiger partial charge in [0.1, 0.15) is 11.4 Å². The lowest BCUT2D eigenvalue weighted by molar-refractivity contribution is -0.122. The molecular formula is C12H15N3O3. The van der Waals surface area contributed by atoms with Crippen molar-refractivity contribution in [2.45, 2.75) is 12.8 Å². The van der Waals surface area contributed by atoms with Gasteiger partial charge in [0.15, 0.2) is 0 Å². The standard InChI is InChI=1S/C12H15N3O3/c13-10(16)8-3-2-6-15(7-8)11-9(12(17)18)4-1-5-14-11/h1,4-5,8H,2-3,6-7H2,(H2,13,16)(H,17,18). The molecule has 3 N–H and O–H groups in total. The van der Waals surface area contributed by atoms with Crippen molar-refractivity contribution < 1.29 is 14.7 Å². The number of hydrogen-bond acceptors (Lipinski definition) is 4. The molecule has 96 valence electrons. The summed E-state index contributed by atoms with van der Waals surface area (Å²) in [6, 6.07) is 3.10. The van der Waals surface area contributed by atoms with Gasteiger partial charge in [0.25, 0.3) is 0 Å². The number of piperidine rings is 1. The van der Waals surface area contributed by atoms with Crippen molar-refractivity contribution in [1.29, 1.82) is 0 Å². The van der Waals surface area contributed by atoms with Gasteiger partial charge in [-0.3, -0.25) is 4.79 Å². The molecule has 0 saturated carbocycles. The van der Waals surface area contributed by atoms with Crippen molar-refractivity contribution in [3.8, 4) is 0 Å². The summed E-state index contributed by atoms with van der Waals surface area (Å²) in [7, 11) is 0. The highest BCUT2D eigenvalue weighted by molar-refractivity contribution is 5.93. The molecule has 0 aromatic carbocycles. The summed E-state index contributed by atoms with van der Waals surface area (Å²) >= 11 is 0. The number of carboxylic acid groups (broad SMARTS) is 1. The molecule has 6 heteroatoms. The number of pyridine rings is 1. The Hall–Kier alpha value is -2.11. The molecule has 1 amide bonds. The molecule has 2 heterocycles. The van der Waals surface area contributed by atoms with E-state index in [1.165, 1.54) is 6.07 Å². The number of aromatic carboxylic acids is 1. The predicted molar refractivity (Wildman–Crippen MR) is 65.3 cm³/mol. The molecule has 1 aromatic rings. The zero-order valence-electron chi connectivity index (χ0n) is 9.87. The van der Waals surface area contributed by atoms with Crippen molar-refractivity contribution in [3.05, 3.63) is 23.9 Å². The Balaban J connectivity index is 2.26. The SMILES string of the molecule is NC(=O)C1CCCN(c2ncccc2C(=O)O)C1. The molecule has 1 aliphatic rings. The normalized spacial score (nSPS) is 19.6. The van der Waals surface area contributed by atoms with E-state index in [1.54, 1.807) is 12.3 Å². The molecule has 1 atom stereocenters. The average molecular weight is 249 g/mol. The number of carbonyl (C=O) groups is 2. The van der Waals surface area contributed by atoms with Crippen LogP contribution in [0.4, 0.5) is 5.82 Å². The van der Waals surface area contributed by atoms with Gasteiger partial charge in [-0.05, 0) is 25.0 Å². The van der Waals surface area contributed by atoms with E-state index in [2.05, 4.69) is 4.98 Å². The van der Waals surface area contributed by atoms with E-state index in [0.717, 1.165) is 12.8 Å². The van der Waals surface area contributed by atoms with Crippen LogP contribution in [0, 0.1) is 5.92 Å². The van der Waals surface area contributed by atoms with Crippen LogP contribution in [0.1, 0.15) is 23.2 Å². The molecule has 18 heavy (non-hydrogen) atoms. The summed E-state index contributed by atoms with van der Waals surface area (Å²) < 4.78 is 0. The topological polar surface area (TPSA) is 96.5 Å². The Morgan fingerprint density at radius 3 is 2.94 bits per heavy atom. The maximum atomic E-state index is 11.2. The maximum absolute atomic E-state index is 11.2. The first kappa shape index (κ1) is 12.3. The summed E-state index contributed by atoms with van der Waals surface area (Å²) in [6.07, 6.45) is 3.11. The van der Waals surface area contributed by atoms with Crippen LogP contribution in [-0.2, 0) is 4.79 Å². The van der Waals surface area contributed by atoms with Gasteiger partial charge >= 0.3 is 5.97 Å². The number of amides is 1. The monoisotopic (exact) mass is 249 g/mol. The number of nitrogens with two attached hydrogens (primary N) is 1. The summed E-state index contributed by atoms with van der Waals surface area (Å²) in [4.78, 5) is 28.3. The predicted octanol–water partition coefficient (Wildman–Crippen LogP) is 0.481. The second-order valence-electron chi connectivity index (χ2n) is 4.37. The third kappa shape index (κ3) is 2.42. The van der Waals surface area contributed by atoms with Crippen LogP contribution in [0.15, 0.2) is 18.3 Å². The van der Waals surface area contributed by atoms with Gasteiger partial charge in [-0.15, -0.1) is 0 Å². The molecule has 0 radical (unpaired) electrons. The first-order chi connectivity index (χ1) is 8.59. The highest BCUT2D eigenvalue weighted by Gasteiger charge is 2.27. The molecule has 1 aliphatic heterocycles. The quantitative estimate of drug-likeness (QED) is 0.812. The van der Waals surface area contributed by atoms with Crippen molar-refractivity contribution >= 4 is 17.7 Å². The van der Waals surface area contributed by atoms with Crippen LogP contribution in [0.25, 0.3) is 0 Å². The number of hydrogen-bond donors (Lipinski definition) is 2. The number of nitrogens with zero attached hydrogens (tertiary/aromatic N) is 2. The molecule has 1 unspecified atom stereocenters. The summed E-state index contributed by atoms with van der Waals surface area (Å²) in [6.45, 7) is 1.13. The number of primary amides is 1. The molecular weight excluding hydrogens is 234 g/mol. The Morgan fingerprint density at radius 1 is 1.50 bits per heavy atom. The first-order valence-corrected chi connectivity index (χ1v) is 5.82. The minimum Gasteiger partial charge on any atom is -0.478 e. The maximum Gasteiger partial charge on any atom is 0.339 e. The summed E-state index contributed by atoms with van der Waals surface area (Å²) in [5, 5.41) is 9.11. The molecule has 1 aromatic heterocycles. The van der Waals surface area contributed by atoms with Gasteiger partial charge in [0, 0.05) is 19.3 Å². The van der Waals surface area contributed by atoms with E-state index in [9.17, 15) is 9.59 Å². The third-order valence-corrected chi connectivity index (χ3v) is 3.14. The number of aromatic nitrogens is 1. The molecule has 0 spiro atoms. The Bertz CT molecular complexity index is 475. The van der Waals surface area contributed by atoms with E-state index < -0.39 is 5.97 Å². The van der Waals surface area contributed by atoms with E-state index in [1.807, 2.05) is 4.90 Å². The largest absolute Gasteiger partial charge is 0.478 e. The zero-order valence-corrected chi connectivity index (χ0v) is 9.87. The molecule has 6 nitrogen and oxygen atoms in total. The smallest absolute Gasteiger partial charge is 0.339 e. The van der Waals surface area contributed by atoms with Crippen molar-refractivity contribution in [1.82, 2.24) is 4.98 Å². The second-order valence-corrected chi connectivity index (χ2v) is 4.37. The zero-order chi connectivity index (χ0) is 13.1. The Morgan fingerprint density at radius 2 is 2.28 bits per heavy atom. The summed E-state index contributed by atoms with van der Waals surface area (Å²) in [5.74, 6) is -1.18. The second kappa shape index (κ2) is 5.03. The van der Waals surface area contributed by atoms with Crippen LogP contribution in [0.2, 0.25) is 0 Å². The van der Waals surface area contributed by atoms with Gasteiger partial charge in [-0.1, -0.05) is 0 Å². The van der Waals surface area contributed by atoms with Gasteiger partial charge in [-0.25, -0.2) is 9.78 Å². The van der Waals surface area contributed by atoms with Gasteiger partial charge in [-0.2, -0.15) is 0 Å². The minimum absolute atomic E-state index is 0.155. The molecule has 1 fully saturated rings. The fraction of sp³-hybridized carbons (Fsp3) is 0.417. The highest BCUT2D eigenvalue weighted by Crippen LogP contribution is 2.24. The van der Waals surface area contributed by atoms with E-state index >= 15 is 0 Å². The van der Waals surface area contributed by atoms with Crippen LogP contribution >= 0.6 is 0 Å². The molecule has 2 rings (SSSR count). The van der Waals surface area contributed by atoms with Crippen LogP contribution in [-0.4, -0.2) is 35.1 Å². The van der Waals surface area contributed by atoms with E-state index in [0.29, 0.717) is 18.9 Å². The fourth-order valence-electron chi connectivity index (χ4n) is 2.22. The number of carboxylic acids is 1. The van der Waals surface area contributed by atoms with Crippen molar-refractivity contribution in [2.75, 3.05) is 18.0 Å². The third-order valence-electron chi connectivity index (χ3n) is 3.14. The molecule has 0 aliphatic carbocycles. The number of anilines is 1. The van der Waals surface area contributed by atoms with Crippen molar-refractivity contribution in [3.63, 3.8) is 0 Å². The molecule has 1 saturated heterocycles.